The first-order valence-electron chi connectivity index (χ1n) is 4.38. The highest BCUT2D eigenvalue weighted by Gasteiger charge is 2.16. The fourth-order valence-electron chi connectivity index (χ4n) is 0.967. The minimum Gasteiger partial charge on any atom is -0.384 e. The zero-order chi connectivity index (χ0) is 10.8. The molecular weight excluding hydrogens is 194 g/mol. The number of nitrogens with one attached hydrogen (secondary N) is 1. The fourth-order valence-corrected chi connectivity index (χ4v) is 1.95. The van der Waals surface area contributed by atoms with Crippen molar-refractivity contribution in [2.45, 2.75) is 30.5 Å². The Balaban J connectivity index is 3.02. The molecule has 4 heteroatoms. The van der Waals surface area contributed by atoms with Crippen LogP contribution in [-0.4, -0.2) is 15.6 Å². The molecule has 1 aromatic heterocycles. The average Bonchev–Trinajstić information content (AvgIpc) is 2.01. The van der Waals surface area contributed by atoms with Crippen molar-refractivity contribution in [3.05, 3.63) is 23.9 Å². The van der Waals surface area contributed by atoms with Crippen LogP contribution in [0.25, 0.3) is 0 Å². The summed E-state index contributed by atoms with van der Waals surface area (Å²) in [5.41, 5.74) is 6.18. The molecule has 1 rings (SSSR count). The van der Waals surface area contributed by atoms with E-state index >= 15 is 0 Å². The lowest BCUT2D eigenvalue weighted by Gasteiger charge is -2.18. The molecule has 0 aliphatic carbocycles. The van der Waals surface area contributed by atoms with Gasteiger partial charge in [-0.15, -0.1) is 0 Å². The normalized spacial score (nSPS) is 11.4. The van der Waals surface area contributed by atoms with Crippen LogP contribution in [0.5, 0.6) is 0 Å². The zero-order valence-corrected chi connectivity index (χ0v) is 9.48. The lowest BCUT2D eigenvalue weighted by atomic mass is 10.2. The zero-order valence-electron chi connectivity index (χ0n) is 8.66. The Morgan fingerprint density at radius 2 is 2.14 bits per heavy atom. The minimum absolute atomic E-state index is 0.0739. The number of hydrogen-bond donors (Lipinski definition) is 2. The summed E-state index contributed by atoms with van der Waals surface area (Å²) in [6, 6.07) is 3.62. The number of hydrogen-bond acceptors (Lipinski definition) is 3. The Hall–Kier alpha value is -1.03. The molecule has 76 valence electrons. The molecule has 1 aromatic rings. The third kappa shape index (κ3) is 3.03. The Labute approximate surface area is 88.6 Å². The summed E-state index contributed by atoms with van der Waals surface area (Å²) in [6.07, 6.45) is 1.72. The van der Waals surface area contributed by atoms with Gasteiger partial charge in [-0.05, 0) is 12.1 Å². The highest BCUT2D eigenvalue weighted by atomic mass is 32.2. The van der Waals surface area contributed by atoms with Crippen LogP contribution in [-0.2, 0) is 0 Å². The molecule has 0 aliphatic heterocycles. The summed E-state index contributed by atoms with van der Waals surface area (Å²) in [5, 5.41) is 8.23. The maximum Gasteiger partial charge on any atom is 0.125 e. The molecule has 3 N–H and O–H groups in total. The Kier molecular flexibility index (Phi) is 3.16. The van der Waals surface area contributed by atoms with Crippen LogP contribution in [0, 0.1) is 5.41 Å². The summed E-state index contributed by atoms with van der Waals surface area (Å²) in [6.45, 7) is 6.32. The molecule has 0 unspecified atom stereocenters. The second kappa shape index (κ2) is 4.00. The number of amidine groups is 1. The lowest BCUT2D eigenvalue weighted by Crippen LogP contribution is -2.15. The molecule has 0 radical (unpaired) electrons. The first kappa shape index (κ1) is 11.0. The maximum absolute atomic E-state index is 7.41. The highest BCUT2D eigenvalue weighted by Crippen LogP contribution is 2.32. The van der Waals surface area contributed by atoms with Gasteiger partial charge in [-0.25, -0.2) is 4.98 Å². The monoisotopic (exact) mass is 209 g/mol. The predicted octanol–water partition coefficient (Wildman–Crippen LogP) is 2.26. The quantitative estimate of drug-likeness (QED) is 0.446. The molecule has 0 aliphatic rings. The Morgan fingerprint density at radius 1 is 1.50 bits per heavy atom. The molecule has 0 aromatic carbocycles. The van der Waals surface area contributed by atoms with Crippen molar-refractivity contribution in [3.63, 3.8) is 0 Å². The van der Waals surface area contributed by atoms with Crippen molar-refractivity contribution < 1.29 is 0 Å². The van der Waals surface area contributed by atoms with E-state index in [-0.39, 0.29) is 10.6 Å². The number of nitrogens with zero attached hydrogens (tertiary/aromatic N) is 1. The van der Waals surface area contributed by atoms with Crippen molar-refractivity contribution in [3.8, 4) is 0 Å². The molecule has 0 saturated carbocycles. The van der Waals surface area contributed by atoms with Gasteiger partial charge in [0.15, 0.2) is 0 Å². The summed E-state index contributed by atoms with van der Waals surface area (Å²) in [5.74, 6) is 0.0739. The van der Waals surface area contributed by atoms with Crippen LogP contribution < -0.4 is 5.73 Å². The number of pyridine rings is 1. The first-order chi connectivity index (χ1) is 6.40. The number of thioether (sulfide) groups is 1. The molecule has 0 saturated heterocycles. The SMILES string of the molecule is CC(C)(C)Sc1ncccc1C(=N)N. The molecule has 0 spiro atoms. The van der Waals surface area contributed by atoms with Crippen molar-refractivity contribution in [2.24, 2.45) is 5.73 Å². The molecule has 14 heavy (non-hydrogen) atoms. The van der Waals surface area contributed by atoms with Crippen molar-refractivity contribution >= 4 is 17.6 Å². The average molecular weight is 209 g/mol. The summed E-state index contributed by atoms with van der Waals surface area (Å²) in [4.78, 5) is 4.23. The van der Waals surface area contributed by atoms with E-state index in [0.717, 1.165) is 5.03 Å². The number of nitrogens with two attached hydrogens (primary N) is 1. The van der Waals surface area contributed by atoms with Crippen LogP contribution in [0.3, 0.4) is 0 Å². The van der Waals surface area contributed by atoms with Crippen LogP contribution in [0.4, 0.5) is 0 Å². The molecule has 0 fully saturated rings. The van der Waals surface area contributed by atoms with Crippen LogP contribution in [0.2, 0.25) is 0 Å². The van der Waals surface area contributed by atoms with E-state index in [2.05, 4.69) is 25.8 Å². The maximum atomic E-state index is 7.41. The van der Waals surface area contributed by atoms with Gasteiger partial charge in [0.2, 0.25) is 0 Å². The van der Waals surface area contributed by atoms with Gasteiger partial charge in [-0.3, -0.25) is 5.41 Å². The van der Waals surface area contributed by atoms with Crippen molar-refractivity contribution in [2.75, 3.05) is 0 Å². The summed E-state index contributed by atoms with van der Waals surface area (Å²) >= 11 is 1.62. The topological polar surface area (TPSA) is 62.8 Å². The van der Waals surface area contributed by atoms with Gasteiger partial charge in [0.25, 0.3) is 0 Å². The number of nitrogen functional groups attached to an aromatic ring is 1. The van der Waals surface area contributed by atoms with Gasteiger partial charge in [-0.2, -0.15) is 0 Å². The molecular formula is C10H15N3S. The fraction of sp³-hybridized carbons (Fsp3) is 0.400. The third-order valence-electron chi connectivity index (χ3n) is 1.46. The minimum atomic E-state index is 0.0739. The first-order valence-corrected chi connectivity index (χ1v) is 5.20. The summed E-state index contributed by atoms with van der Waals surface area (Å²) in [7, 11) is 0. The smallest absolute Gasteiger partial charge is 0.125 e. The molecule has 0 amide bonds. The summed E-state index contributed by atoms with van der Waals surface area (Å²) < 4.78 is 0.0819. The van der Waals surface area contributed by atoms with Gasteiger partial charge in [0.05, 0.1) is 0 Å². The molecule has 0 bridgehead atoms. The molecule has 0 atom stereocenters. The standard InChI is InChI=1S/C10H15N3S/c1-10(2,3)14-9-7(8(11)12)5-4-6-13-9/h4-6H,1-3H3,(H3,11,12). The van der Waals surface area contributed by atoms with E-state index in [4.69, 9.17) is 11.1 Å². The Morgan fingerprint density at radius 3 is 2.64 bits per heavy atom. The number of aromatic nitrogens is 1. The van der Waals surface area contributed by atoms with Gasteiger partial charge >= 0.3 is 0 Å². The lowest BCUT2D eigenvalue weighted by molar-refractivity contribution is 0.799. The van der Waals surface area contributed by atoms with E-state index < -0.39 is 0 Å². The van der Waals surface area contributed by atoms with Crippen LogP contribution >= 0.6 is 11.8 Å². The van der Waals surface area contributed by atoms with Gasteiger partial charge in [0, 0.05) is 16.5 Å². The molecule has 1 heterocycles. The second-order valence-corrected chi connectivity index (χ2v) is 5.80. The van der Waals surface area contributed by atoms with Gasteiger partial charge in [-0.1, -0.05) is 32.5 Å². The van der Waals surface area contributed by atoms with Gasteiger partial charge in [0.1, 0.15) is 10.9 Å². The highest BCUT2D eigenvalue weighted by molar-refractivity contribution is 8.00. The van der Waals surface area contributed by atoms with E-state index in [0.29, 0.717) is 5.56 Å². The van der Waals surface area contributed by atoms with E-state index in [1.807, 2.05) is 6.07 Å². The molecule has 3 nitrogen and oxygen atoms in total. The van der Waals surface area contributed by atoms with E-state index in [1.165, 1.54) is 0 Å². The largest absolute Gasteiger partial charge is 0.384 e. The van der Waals surface area contributed by atoms with E-state index in [9.17, 15) is 0 Å². The van der Waals surface area contributed by atoms with Crippen LogP contribution in [0.15, 0.2) is 23.4 Å². The van der Waals surface area contributed by atoms with Crippen molar-refractivity contribution in [1.82, 2.24) is 4.98 Å². The van der Waals surface area contributed by atoms with Gasteiger partial charge < -0.3 is 5.73 Å². The second-order valence-electron chi connectivity index (χ2n) is 3.98. The van der Waals surface area contributed by atoms with Crippen molar-refractivity contribution in [1.29, 1.82) is 5.41 Å². The predicted molar refractivity (Wildman–Crippen MR) is 60.9 cm³/mol. The Bertz CT molecular complexity index is 341. The third-order valence-corrected chi connectivity index (χ3v) is 2.60. The van der Waals surface area contributed by atoms with Crippen LogP contribution in [0.1, 0.15) is 26.3 Å². The number of rotatable bonds is 2. The van der Waals surface area contributed by atoms with E-state index in [1.54, 1.807) is 24.0 Å².